The number of hydrogen-bond donors (Lipinski definition) is 0. The van der Waals surface area contributed by atoms with Crippen molar-refractivity contribution in [2.75, 3.05) is 7.11 Å². The lowest BCUT2D eigenvalue weighted by molar-refractivity contribution is -0.275. The number of methoxy groups -OCH3 is 1. The van der Waals surface area contributed by atoms with Crippen LogP contribution < -0.4 is 9.47 Å². The molecule has 9 heteroatoms. The van der Waals surface area contributed by atoms with Crippen LogP contribution in [0.15, 0.2) is 6.20 Å². The van der Waals surface area contributed by atoms with Crippen LogP contribution in [0.5, 0.6) is 11.5 Å². The summed E-state index contributed by atoms with van der Waals surface area (Å²) in [5, 5.41) is 0. The molecule has 3 nitrogen and oxygen atoms in total. The summed E-state index contributed by atoms with van der Waals surface area (Å²) >= 11 is 5.44. The van der Waals surface area contributed by atoms with Gasteiger partial charge < -0.3 is 9.47 Å². The van der Waals surface area contributed by atoms with Gasteiger partial charge in [0.2, 0.25) is 0 Å². The molecule has 0 aromatic carbocycles. The van der Waals surface area contributed by atoms with E-state index in [-0.39, 0.29) is 11.4 Å². The van der Waals surface area contributed by atoms with E-state index in [1.807, 2.05) is 0 Å². The number of nitrogens with zero attached hydrogens (tertiary/aromatic N) is 1. The molecule has 0 fully saturated rings. The van der Waals surface area contributed by atoms with Crippen LogP contribution >= 0.6 is 11.6 Å². The lowest BCUT2D eigenvalue weighted by atomic mass is 10.2. The van der Waals surface area contributed by atoms with Gasteiger partial charge in [-0.15, -0.1) is 24.8 Å². The Morgan fingerprint density at radius 3 is 2.33 bits per heavy atom. The second kappa shape index (κ2) is 5.55. The highest BCUT2D eigenvalue weighted by Gasteiger charge is 2.36. The van der Waals surface area contributed by atoms with Crippen LogP contribution in [0.4, 0.5) is 22.0 Å². The van der Waals surface area contributed by atoms with E-state index in [4.69, 9.17) is 11.6 Å². The Morgan fingerprint density at radius 2 is 1.94 bits per heavy atom. The Labute approximate surface area is 103 Å². The van der Waals surface area contributed by atoms with E-state index < -0.39 is 30.0 Å². The third-order valence-corrected chi connectivity index (χ3v) is 2.15. The standard InChI is InChI=1S/C9H7ClF5NO2/c1-17-6-4(2-10)3-16-5(8(11)12)7(6)18-9(13,14)15/h3,8H,2H2,1H3. The molecule has 1 rings (SSSR count). The van der Waals surface area contributed by atoms with Gasteiger partial charge in [0.1, 0.15) is 0 Å². The highest BCUT2D eigenvalue weighted by atomic mass is 35.5. The molecule has 0 saturated carbocycles. The summed E-state index contributed by atoms with van der Waals surface area (Å²) < 4.78 is 69.7. The van der Waals surface area contributed by atoms with Crippen LogP contribution in [0.2, 0.25) is 0 Å². The molecule has 1 aromatic rings. The molecule has 0 aliphatic carbocycles. The predicted molar refractivity (Wildman–Crippen MR) is 52.0 cm³/mol. The largest absolute Gasteiger partial charge is 0.573 e. The molecule has 0 radical (unpaired) electrons. The average Bonchev–Trinajstić information content (AvgIpc) is 2.25. The summed E-state index contributed by atoms with van der Waals surface area (Å²) in [5.41, 5.74) is -1.14. The van der Waals surface area contributed by atoms with E-state index in [9.17, 15) is 22.0 Å². The van der Waals surface area contributed by atoms with Gasteiger partial charge in [0.05, 0.1) is 13.0 Å². The zero-order chi connectivity index (χ0) is 13.9. The van der Waals surface area contributed by atoms with Gasteiger partial charge in [-0.05, 0) is 0 Å². The molecule has 1 heterocycles. The zero-order valence-corrected chi connectivity index (χ0v) is 9.65. The van der Waals surface area contributed by atoms with Crippen LogP contribution in [0, 0.1) is 0 Å². The fourth-order valence-electron chi connectivity index (χ4n) is 1.22. The first-order valence-corrected chi connectivity index (χ1v) is 4.99. The average molecular weight is 292 g/mol. The van der Waals surface area contributed by atoms with Crippen LogP contribution in [0.1, 0.15) is 17.7 Å². The summed E-state index contributed by atoms with van der Waals surface area (Å²) in [4.78, 5) is 3.20. The summed E-state index contributed by atoms with van der Waals surface area (Å²) in [5.74, 6) is -1.93. The van der Waals surface area contributed by atoms with Crippen molar-refractivity contribution in [1.82, 2.24) is 4.98 Å². The maximum atomic E-state index is 12.6. The van der Waals surface area contributed by atoms with Crippen LogP contribution in [0.25, 0.3) is 0 Å². The first kappa shape index (κ1) is 14.7. The minimum Gasteiger partial charge on any atom is -0.492 e. The second-order valence-electron chi connectivity index (χ2n) is 3.01. The summed E-state index contributed by atoms with van der Waals surface area (Å²) in [6.07, 6.45) is -7.46. The van der Waals surface area contributed by atoms with Gasteiger partial charge in [0.15, 0.2) is 17.2 Å². The Morgan fingerprint density at radius 1 is 1.33 bits per heavy atom. The smallest absolute Gasteiger partial charge is 0.492 e. The molecule has 0 atom stereocenters. The fraction of sp³-hybridized carbons (Fsp3) is 0.444. The highest BCUT2D eigenvalue weighted by molar-refractivity contribution is 6.17. The monoisotopic (exact) mass is 291 g/mol. The van der Waals surface area contributed by atoms with E-state index in [0.29, 0.717) is 0 Å². The number of alkyl halides is 6. The van der Waals surface area contributed by atoms with E-state index in [0.717, 1.165) is 13.3 Å². The van der Waals surface area contributed by atoms with Gasteiger partial charge in [-0.2, -0.15) is 0 Å². The highest BCUT2D eigenvalue weighted by Crippen LogP contribution is 2.41. The van der Waals surface area contributed by atoms with Crippen molar-refractivity contribution in [3.63, 3.8) is 0 Å². The molecule has 0 saturated heterocycles. The van der Waals surface area contributed by atoms with Gasteiger partial charge in [0.25, 0.3) is 6.43 Å². The molecule has 0 aliphatic rings. The van der Waals surface area contributed by atoms with Gasteiger partial charge in [0, 0.05) is 11.8 Å². The molecule has 0 unspecified atom stereocenters. The molecule has 102 valence electrons. The quantitative estimate of drug-likeness (QED) is 0.626. The third kappa shape index (κ3) is 3.34. The third-order valence-electron chi connectivity index (χ3n) is 1.86. The van der Waals surface area contributed by atoms with Crippen molar-refractivity contribution in [2.24, 2.45) is 0 Å². The van der Waals surface area contributed by atoms with Gasteiger partial charge in [-0.25, -0.2) is 8.78 Å². The van der Waals surface area contributed by atoms with Crippen LogP contribution in [-0.4, -0.2) is 18.5 Å². The molecule has 18 heavy (non-hydrogen) atoms. The fourth-order valence-corrected chi connectivity index (χ4v) is 1.41. The number of aromatic nitrogens is 1. The number of halogens is 6. The van der Waals surface area contributed by atoms with Gasteiger partial charge in [-0.1, -0.05) is 0 Å². The Kier molecular flexibility index (Phi) is 4.55. The number of pyridine rings is 1. The topological polar surface area (TPSA) is 31.4 Å². The molecule has 0 spiro atoms. The van der Waals surface area contributed by atoms with E-state index in [1.165, 1.54) is 0 Å². The first-order chi connectivity index (χ1) is 8.30. The summed E-state index contributed by atoms with van der Waals surface area (Å²) in [7, 11) is 1.02. The molecule has 0 N–H and O–H groups in total. The lowest BCUT2D eigenvalue weighted by Gasteiger charge is -2.17. The second-order valence-corrected chi connectivity index (χ2v) is 3.28. The van der Waals surface area contributed by atoms with E-state index in [2.05, 4.69) is 14.5 Å². The van der Waals surface area contributed by atoms with Crippen molar-refractivity contribution < 1.29 is 31.4 Å². The molecular weight excluding hydrogens is 285 g/mol. The normalized spacial score (nSPS) is 11.8. The zero-order valence-electron chi connectivity index (χ0n) is 8.89. The maximum absolute atomic E-state index is 12.6. The first-order valence-electron chi connectivity index (χ1n) is 4.45. The van der Waals surface area contributed by atoms with E-state index in [1.54, 1.807) is 0 Å². The number of ether oxygens (including phenoxy) is 2. The maximum Gasteiger partial charge on any atom is 0.573 e. The van der Waals surface area contributed by atoms with Gasteiger partial charge in [-0.3, -0.25) is 4.98 Å². The number of rotatable bonds is 4. The lowest BCUT2D eigenvalue weighted by Crippen LogP contribution is -2.19. The van der Waals surface area contributed by atoms with Crippen molar-refractivity contribution in [3.05, 3.63) is 17.5 Å². The Hall–Kier alpha value is -1.31. The molecule has 0 bridgehead atoms. The summed E-state index contributed by atoms with van der Waals surface area (Å²) in [6.45, 7) is 0. The Balaban J connectivity index is 3.38. The van der Waals surface area contributed by atoms with Crippen molar-refractivity contribution >= 4 is 11.6 Å². The number of hydrogen-bond acceptors (Lipinski definition) is 3. The van der Waals surface area contributed by atoms with Crippen molar-refractivity contribution in [1.29, 1.82) is 0 Å². The minimum atomic E-state index is -5.14. The minimum absolute atomic E-state index is 0.0165. The van der Waals surface area contributed by atoms with Crippen LogP contribution in [-0.2, 0) is 5.88 Å². The predicted octanol–water partition coefficient (Wildman–Crippen LogP) is 3.67. The Bertz CT molecular complexity index is 424. The molecule has 0 aliphatic heterocycles. The SMILES string of the molecule is COc1c(CCl)cnc(C(F)F)c1OC(F)(F)F. The molecule has 0 amide bonds. The van der Waals surface area contributed by atoms with Crippen molar-refractivity contribution in [3.8, 4) is 11.5 Å². The summed E-state index contributed by atoms with van der Waals surface area (Å²) in [6, 6.07) is 0. The van der Waals surface area contributed by atoms with Crippen molar-refractivity contribution in [2.45, 2.75) is 18.7 Å². The van der Waals surface area contributed by atoms with E-state index >= 15 is 0 Å². The molecule has 1 aromatic heterocycles. The van der Waals surface area contributed by atoms with Crippen LogP contribution in [0.3, 0.4) is 0 Å². The van der Waals surface area contributed by atoms with Gasteiger partial charge >= 0.3 is 6.36 Å². The molecular formula is C9H7ClF5NO2.